The van der Waals surface area contributed by atoms with Crippen molar-refractivity contribution < 1.29 is 8.42 Å². The number of aryl methyl sites for hydroxylation is 1. The quantitative estimate of drug-likeness (QED) is 0.885. The number of aromatic nitrogens is 1. The molecule has 0 bridgehead atoms. The third-order valence-electron chi connectivity index (χ3n) is 2.64. The van der Waals surface area contributed by atoms with Crippen LogP contribution in [0, 0.1) is 6.92 Å². The van der Waals surface area contributed by atoms with Crippen molar-refractivity contribution in [3.05, 3.63) is 53.7 Å². The van der Waals surface area contributed by atoms with E-state index < -0.39 is 10.0 Å². The molecule has 1 aromatic heterocycles. The van der Waals surface area contributed by atoms with Gasteiger partial charge in [0.25, 0.3) is 0 Å². The normalized spacial score (nSPS) is 11.4. The average Bonchev–Trinajstić information content (AvgIpc) is 2.37. The van der Waals surface area contributed by atoms with Gasteiger partial charge in [-0.3, -0.25) is 0 Å². The molecule has 0 spiro atoms. The van der Waals surface area contributed by atoms with Crippen molar-refractivity contribution in [1.29, 1.82) is 0 Å². The molecular weight excluding hydrogens is 262 g/mol. The Balaban J connectivity index is 2.17. The zero-order valence-corrected chi connectivity index (χ0v) is 11.3. The fourth-order valence-electron chi connectivity index (χ4n) is 1.71. The largest absolute Gasteiger partial charge is 0.383 e. The van der Waals surface area contributed by atoms with Gasteiger partial charge in [0, 0.05) is 12.7 Å². The molecule has 0 aliphatic carbocycles. The second kappa shape index (κ2) is 5.38. The van der Waals surface area contributed by atoms with Gasteiger partial charge in [0.05, 0.1) is 0 Å². The summed E-state index contributed by atoms with van der Waals surface area (Å²) in [6.07, 6.45) is 1.45. The Bertz CT molecular complexity index is 684. The van der Waals surface area contributed by atoms with Crippen molar-refractivity contribution in [3.63, 3.8) is 0 Å². The predicted octanol–water partition coefficient (Wildman–Crippen LogP) is 1.45. The van der Waals surface area contributed by atoms with Crippen molar-refractivity contribution in [3.8, 4) is 0 Å². The topological polar surface area (TPSA) is 85.1 Å². The van der Waals surface area contributed by atoms with Crippen molar-refractivity contribution in [2.75, 3.05) is 5.73 Å². The monoisotopic (exact) mass is 277 g/mol. The Labute approximate surface area is 112 Å². The smallest absolute Gasteiger partial charge is 0.244 e. The summed E-state index contributed by atoms with van der Waals surface area (Å²) in [5.41, 5.74) is 7.55. The van der Waals surface area contributed by atoms with Gasteiger partial charge in [-0.1, -0.05) is 29.8 Å². The molecular formula is C13H15N3O2S. The molecule has 3 N–H and O–H groups in total. The Morgan fingerprint density at radius 2 is 2.05 bits per heavy atom. The molecule has 5 nitrogen and oxygen atoms in total. The van der Waals surface area contributed by atoms with Crippen LogP contribution >= 0.6 is 0 Å². The summed E-state index contributed by atoms with van der Waals surface area (Å²) in [5.74, 6) is -0.000702. The maximum atomic E-state index is 12.1. The minimum atomic E-state index is -3.64. The lowest BCUT2D eigenvalue weighted by Gasteiger charge is -2.08. The van der Waals surface area contributed by atoms with Crippen LogP contribution in [0.2, 0.25) is 0 Å². The molecule has 0 aliphatic rings. The Kier molecular flexibility index (Phi) is 3.82. The zero-order chi connectivity index (χ0) is 13.9. The van der Waals surface area contributed by atoms with E-state index in [-0.39, 0.29) is 17.3 Å². The number of nitrogen functional groups attached to an aromatic ring is 1. The van der Waals surface area contributed by atoms with Crippen LogP contribution in [0.15, 0.2) is 47.5 Å². The van der Waals surface area contributed by atoms with E-state index in [1.165, 1.54) is 18.3 Å². The van der Waals surface area contributed by atoms with Crippen molar-refractivity contribution in [2.45, 2.75) is 18.4 Å². The summed E-state index contributed by atoms with van der Waals surface area (Å²) >= 11 is 0. The SMILES string of the molecule is Cc1cccc(CNS(=O)(=O)c2cccnc2N)c1. The van der Waals surface area contributed by atoms with E-state index in [0.29, 0.717) is 0 Å². The van der Waals surface area contributed by atoms with Gasteiger partial charge in [-0.25, -0.2) is 18.1 Å². The van der Waals surface area contributed by atoms with Crippen LogP contribution in [0.5, 0.6) is 0 Å². The lowest BCUT2D eigenvalue weighted by atomic mass is 10.1. The highest BCUT2D eigenvalue weighted by Crippen LogP contribution is 2.14. The van der Waals surface area contributed by atoms with Crippen LogP contribution in [0.1, 0.15) is 11.1 Å². The molecule has 0 amide bonds. The fourth-order valence-corrected chi connectivity index (χ4v) is 2.81. The van der Waals surface area contributed by atoms with Gasteiger partial charge in [-0.2, -0.15) is 0 Å². The third kappa shape index (κ3) is 3.30. The number of benzene rings is 1. The number of rotatable bonds is 4. The van der Waals surface area contributed by atoms with Crippen LogP contribution in [-0.2, 0) is 16.6 Å². The molecule has 100 valence electrons. The molecule has 1 aromatic carbocycles. The van der Waals surface area contributed by atoms with E-state index in [4.69, 9.17) is 5.73 Å². The number of pyridine rings is 1. The van der Waals surface area contributed by atoms with Gasteiger partial charge >= 0.3 is 0 Å². The molecule has 0 atom stereocenters. The van der Waals surface area contributed by atoms with Crippen molar-refractivity contribution >= 4 is 15.8 Å². The van der Waals surface area contributed by atoms with E-state index in [1.54, 1.807) is 0 Å². The van der Waals surface area contributed by atoms with E-state index in [2.05, 4.69) is 9.71 Å². The minimum Gasteiger partial charge on any atom is -0.383 e. The second-order valence-electron chi connectivity index (χ2n) is 4.20. The highest BCUT2D eigenvalue weighted by atomic mass is 32.2. The average molecular weight is 277 g/mol. The number of nitrogens with zero attached hydrogens (tertiary/aromatic N) is 1. The summed E-state index contributed by atoms with van der Waals surface area (Å²) in [7, 11) is -3.64. The lowest BCUT2D eigenvalue weighted by Crippen LogP contribution is -2.24. The number of nitrogens with one attached hydrogen (secondary N) is 1. The molecule has 19 heavy (non-hydrogen) atoms. The van der Waals surface area contributed by atoms with Gasteiger partial charge < -0.3 is 5.73 Å². The molecule has 0 fully saturated rings. The molecule has 0 saturated carbocycles. The Hall–Kier alpha value is -1.92. The molecule has 0 saturated heterocycles. The standard InChI is InChI=1S/C13H15N3O2S/c1-10-4-2-5-11(8-10)9-16-19(17,18)12-6-3-7-15-13(12)14/h2-8,16H,9H2,1H3,(H2,14,15). The van der Waals surface area contributed by atoms with Crippen LogP contribution in [-0.4, -0.2) is 13.4 Å². The highest BCUT2D eigenvalue weighted by molar-refractivity contribution is 7.89. The Morgan fingerprint density at radius 1 is 1.26 bits per heavy atom. The first kappa shape index (κ1) is 13.5. The second-order valence-corrected chi connectivity index (χ2v) is 5.94. The molecule has 2 aromatic rings. The first-order valence-corrected chi connectivity index (χ1v) is 7.23. The summed E-state index contributed by atoms with van der Waals surface area (Å²) in [6.45, 7) is 2.18. The maximum absolute atomic E-state index is 12.1. The van der Waals surface area contributed by atoms with E-state index in [1.807, 2.05) is 31.2 Å². The molecule has 0 aliphatic heterocycles. The van der Waals surface area contributed by atoms with Crippen LogP contribution in [0.3, 0.4) is 0 Å². The number of anilines is 1. The summed E-state index contributed by atoms with van der Waals surface area (Å²) in [4.78, 5) is 3.78. The van der Waals surface area contributed by atoms with Crippen molar-refractivity contribution in [2.24, 2.45) is 0 Å². The van der Waals surface area contributed by atoms with Crippen LogP contribution in [0.25, 0.3) is 0 Å². The molecule has 1 heterocycles. The lowest BCUT2D eigenvalue weighted by molar-refractivity contribution is 0.581. The zero-order valence-electron chi connectivity index (χ0n) is 10.5. The highest BCUT2D eigenvalue weighted by Gasteiger charge is 2.17. The van der Waals surface area contributed by atoms with Gasteiger partial charge in [0.2, 0.25) is 10.0 Å². The predicted molar refractivity (Wildman–Crippen MR) is 73.9 cm³/mol. The van der Waals surface area contributed by atoms with Crippen LogP contribution in [0.4, 0.5) is 5.82 Å². The van der Waals surface area contributed by atoms with E-state index in [0.717, 1.165) is 11.1 Å². The molecule has 2 rings (SSSR count). The Morgan fingerprint density at radius 3 is 2.74 bits per heavy atom. The van der Waals surface area contributed by atoms with E-state index >= 15 is 0 Å². The van der Waals surface area contributed by atoms with Gasteiger partial charge in [-0.05, 0) is 24.6 Å². The van der Waals surface area contributed by atoms with Crippen LogP contribution < -0.4 is 10.5 Å². The number of sulfonamides is 1. The molecule has 0 radical (unpaired) electrons. The first-order valence-electron chi connectivity index (χ1n) is 5.75. The third-order valence-corrected chi connectivity index (χ3v) is 4.09. The van der Waals surface area contributed by atoms with Gasteiger partial charge in [0.15, 0.2) is 0 Å². The van der Waals surface area contributed by atoms with Gasteiger partial charge in [0.1, 0.15) is 10.7 Å². The summed E-state index contributed by atoms with van der Waals surface area (Å²) in [6, 6.07) is 10.6. The van der Waals surface area contributed by atoms with Gasteiger partial charge in [-0.15, -0.1) is 0 Å². The summed E-state index contributed by atoms with van der Waals surface area (Å²) in [5, 5.41) is 0. The minimum absolute atomic E-state index is 0.000702. The number of hydrogen-bond acceptors (Lipinski definition) is 4. The maximum Gasteiger partial charge on any atom is 0.244 e. The molecule has 6 heteroatoms. The fraction of sp³-hybridized carbons (Fsp3) is 0.154. The number of hydrogen-bond donors (Lipinski definition) is 2. The van der Waals surface area contributed by atoms with E-state index in [9.17, 15) is 8.42 Å². The first-order chi connectivity index (χ1) is 8.99. The number of nitrogens with two attached hydrogens (primary N) is 1. The van der Waals surface area contributed by atoms with Crippen molar-refractivity contribution in [1.82, 2.24) is 9.71 Å². The summed E-state index contributed by atoms with van der Waals surface area (Å²) < 4.78 is 26.7. The molecule has 0 unspecified atom stereocenters.